The topological polar surface area (TPSA) is 98.2 Å². The molecule has 0 amide bonds. The number of sulfonamides is 1. The van der Waals surface area contributed by atoms with Crippen LogP contribution in [0.1, 0.15) is 18.4 Å². The van der Waals surface area contributed by atoms with Crippen molar-refractivity contribution in [1.29, 1.82) is 0 Å². The number of hydrogen-bond acceptors (Lipinski definition) is 4. The largest absolute Gasteiger partial charge is 0.328 e. The second-order valence-corrected chi connectivity index (χ2v) is 6.06. The lowest BCUT2D eigenvalue weighted by Crippen LogP contribution is -2.48. The molecule has 0 aliphatic heterocycles. The Kier molecular flexibility index (Phi) is 3.48. The van der Waals surface area contributed by atoms with Gasteiger partial charge in [0.15, 0.2) is 0 Å². The Labute approximate surface area is 101 Å². The van der Waals surface area contributed by atoms with Crippen LogP contribution in [-0.4, -0.2) is 20.5 Å². The van der Waals surface area contributed by atoms with E-state index < -0.39 is 10.0 Å². The molecule has 0 atom stereocenters. The fourth-order valence-electron chi connectivity index (χ4n) is 1.89. The van der Waals surface area contributed by atoms with Crippen molar-refractivity contribution < 1.29 is 8.42 Å². The highest BCUT2D eigenvalue weighted by atomic mass is 32.2. The molecule has 1 fully saturated rings. The number of hydrogen-bond donors (Lipinski definition) is 3. The van der Waals surface area contributed by atoms with Crippen LogP contribution in [0.5, 0.6) is 0 Å². The van der Waals surface area contributed by atoms with Gasteiger partial charge in [-0.15, -0.1) is 0 Å². The second kappa shape index (κ2) is 4.73. The van der Waals surface area contributed by atoms with E-state index in [2.05, 4.69) is 5.32 Å². The molecule has 0 aromatic heterocycles. The molecule has 0 bridgehead atoms. The summed E-state index contributed by atoms with van der Waals surface area (Å²) in [6.07, 6.45) is 2.02. The maximum atomic E-state index is 11.1. The van der Waals surface area contributed by atoms with Gasteiger partial charge in [0.2, 0.25) is 10.0 Å². The van der Waals surface area contributed by atoms with E-state index in [0.29, 0.717) is 12.1 Å². The molecule has 1 aromatic carbocycles. The Hall–Kier alpha value is -0.950. The van der Waals surface area contributed by atoms with Crippen molar-refractivity contribution in [2.45, 2.75) is 36.4 Å². The SMILES string of the molecule is NC1CC(NCc2ccc(S(N)(=O)=O)cc2)C1. The zero-order chi connectivity index (χ0) is 12.5. The lowest BCUT2D eigenvalue weighted by Gasteiger charge is -2.33. The summed E-state index contributed by atoms with van der Waals surface area (Å²) in [4.78, 5) is 0.145. The quantitative estimate of drug-likeness (QED) is 0.700. The van der Waals surface area contributed by atoms with Crippen LogP contribution in [0.3, 0.4) is 0 Å². The highest BCUT2D eigenvalue weighted by molar-refractivity contribution is 7.89. The van der Waals surface area contributed by atoms with Crippen molar-refractivity contribution in [2.24, 2.45) is 10.9 Å². The number of benzene rings is 1. The zero-order valence-corrected chi connectivity index (χ0v) is 10.3. The van der Waals surface area contributed by atoms with E-state index in [4.69, 9.17) is 10.9 Å². The van der Waals surface area contributed by atoms with Gasteiger partial charge in [0.05, 0.1) is 4.90 Å². The van der Waals surface area contributed by atoms with Crippen LogP contribution in [0.25, 0.3) is 0 Å². The van der Waals surface area contributed by atoms with Crippen molar-refractivity contribution in [3.8, 4) is 0 Å². The smallest absolute Gasteiger partial charge is 0.238 e. The fraction of sp³-hybridized carbons (Fsp3) is 0.455. The maximum absolute atomic E-state index is 11.1. The van der Waals surface area contributed by atoms with E-state index in [1.165, 1.54) is 12.1 Å². The standard InChI is InChI=1S/C11H17N3O2S/c12-9-5-10(6-9)14-7-8-1-3-11(4-2-8)17(13,15)16/h1-4,9-10,14H,5-7,12H2,(H2,13,15,16). The van der Waals surface area contributed by atoms with E-state index in [0.717, 1.165) is 24.9 Å². The molecule has 6 heteroatoms. The van der Waals surface area contributed by atoms with Crippen molar-refractivity contribution in [3.63, 3.8) is 0 Å². The molecule has 5 N–H and O–H groups in total. The van der Waals surface area contributed by atoms with E-state index in [-0.39, 0.29) is 4.90 Å². The Morgan fingerprint density at radius 2 is 1.82 bits per heavy atom. The summed E-state index contributed by atoms with van der Waals surface area (Å²) in [5.74, 6) is 0. The predicted octanol–water partition coefficient (Wildman–Crippen LogP) is -0.0867. The van der Waals surface area contributed by atoms with Crippen molar-refractivity contribution in [2.75, 3.05) is 0 Å². The predicted molar refractivity (Wildman–Crippen MR) is 65.7 cm³/mol. The molecule has 94 valence electrons. The summed E-state index contributed by atoms with van der Waals surface area (Å²) in [6.45, 7) is 0.724. The summed E-state index contributed by atoms with van der Waals surface area (Å²) in [6, 6.07) is 7.41. The molecule has 1 aliphatic carbocycles. The minimum atomic E-state index is -3.59. The summed E-state index contributed by atoms with van der Waals surface area (Å²) in [7, 11) is -3.59. The van der Waals surface area contributed by atoms with Crippen LogP contribution in [-0.2, 0) is 16.6 Å². The Morgan fingerprint density at radius 1 is 1.24 bits per heavy atom. The molecule has 0 heterocycles. The molecule has 0 spiro atoms. The molecule has 1 aliphatic rings. The highest BCUT2D eigenvalue weighted by Crippen LogP contribution is 2.18. The number of nitrogens with one attached hydrogen (secondary N) is 1. The molecule has 0 unspecified atom stereocenters. The third kappa shape index (κ3) is 3.26. The Morgan fingerprint density at radius 3 is 2.29 bits per heavy atom. The normalized spacial score (nSPS) is 24.4. The number of nitrogens with two attached hydrogens (primary N) is 2. The van der Waals surface area contributed by atoms with Crippen molar-refractivity contribution in [3.05, 3.63) is 29.8 Å². The molecule has 17 heavy (non-hydrogen) atoms. The molecule has 0 saturated heterocycles. The first-order chi connectivity index (χ1) is 7.95. The molecule has 2 rings (SSSR count). The monoisotopic (exact) mass is 255 g/mol. The van der Waals surface area contributed by atoms with Crippen molar-refractivity contribution in [1.82, 2.24) is 5.32 Å². The van der Waals surface area contributed by atoms with Gasteiger partial charge in [0, 0.05) is 18.6 Å². The van der Waals surface area contributed by atoms with Crippen LogP contribution in [0.2, 0.25) is 0 Å². The van der Waals surface area contributed by atoms with E-state index in [1.54, 1.807) is 12.1 Å². The molecule has 0 radical (unpaired) electrons. The fourth-order valence-corrected chi connectivity index (χ4v) is 2.40. The van der Waals surface area contributed by atoms with Gasteiger partial charge >= 0.3 is 0 Å². The third-order valence-corrected chi connectivity index (χ3v) is 3.95. The molecular weight excluding hydrogens is 238 g/mol. The van der Waals surface area contributed by atoms with Gasteiger partial charge in [-0.2, -0.15) is 0 Å². The molecular formula is C11H17N3O2S. The van der Waals surface area contributed by atoms with Gasteiger partial charge in [-0.25, -0.2) is 13.6 Å². The van der Waals surface area contributed by atoms with Crippen LogP contribution < -0.4 is 16.2 Å². The van der Waals surface area contributed by atoms with Gasteiger partial charge in [-0.3, -0.25) is 0 Å². The number of primary sulfonamides is 1. The zero-order valence-electron chi connectivity index (χ0n) is 9.46. The van der Waals surface area contributed by atoms with Crippen LogP contribution in [0.4, 0.5) is 0 Å². The molecule has 1 saturated carbocycles. The van der Waals surface area contributed by atoms with Crippen LogP contribution in [0.15, 0.2) is 29.2 Å². The minimum absolute atomic E-state index is 0.145. The van der Waals surface area contributed by atoms with Gasteiger partial charge < -0.3 is 11.1 Å². The summed E-state index contributed by atoms with van der Waals surface area (Å²) in [5.41, 5.74) is 6.72. The van der Waals surface area contributed by atoms with E-state index in [9.17, 15) is 8.42 Å². The lowest BCUT2D eigenvalue weighted by molar-refractivity contribution is 0.291. The van der Waals surface area contributed by atoms with E-state index in [1.807, 2.05) is 0 Å². The summed E-state index contributed by atoms with van der Waals surface area (Å²) >= 11 is 0. The molecule has 1 aromatic rings. The lowest BCUT2D eigenvalue weighted by atomic mass is 9.87. The van der Waals surface area contributed by atoms with Crippen molar-refractivity contribution >= 4 is 10.0 Å². The second-order valence-electron chi connectivity index (χ2n) is 4.50. The van der Waals surface area contributed by atoms with Gasteiger partial charge in [-0.1, -0.05) is 12.1 Å². The minimum Gasteiger partial charge on any atom is -0.328 e. The maximum Gasteiger partial charge on any atom is 0.238 e. The van der Waals surface area contributed by atoms with Crippen LogP contribution >= 0.6 is 0 Å². The summed E-state index contributed by atoms with van der Waals surface area (Å²) in [5, 5.41) is 8.38. The number of rotatable bonds is 4. The van der Waals surface area contributed by atoms with Gasteiger partial charge in [0.25, 0.3) is 0 Å². The molecule has 5 nitrogen and oxygen atoms in total. The average molecular weight is 255 g/mol. The first-order valence-corrected chi connectivity index (χ1v) is 7.10. The average Bonchev–Trinajstić information content (AvgIpc) is 2.22. The first kappa shape index (κ1) is 12.5. The van der Waals surface area contributed by atoms with Crippen LogP contribution in [0, 0.1) is 0 Å². The van der Waals surface area contributed by atoms with E-state index >= 15 is 0 Å². The highest BCUT2D eigenvalue weighted by Gasteiger charge is 2.24. The third-order valence-electron chi connectivity index (χ3n) is 3.02. The Bertz CT molecular complexity index is 478. The van der Waals surface area contributed by atoms with Gasteiger partial charge in [-0.05, 0) is 30.5 Å². The van der Waals surface area contributed by atoms with Gasteiger partial charge in [0.1, 0.15) is 0 Å². The first-order valence-electron chi connectivity index (χ1n) is 5.56. The Balaban J connectivity index is 1.90. The summed E-state index contributed by atoms with van der Waals surface area (Å²) < 4.78 is 22.1.